The zero-order valence-electron chi connectivity index (χ0n) is 8.80. The number of nitrogens with zero attached hydrogens (tertiary/aromatic N) is 1. The Bertz CT molecular complexity index is 275. The second kappa shape index (κ2) is 2.23. The highest BCUT2D eigenvalue weighted by Crippen LogP contribution is 2.66. The zero-order chi connectivity index (χ0) is 10.8. The van der Waals surface area contributed by atoms with Gasteiger partial charge in [-0.1, -0.05) is 0 Å². The summed E-state index contributed by atoms with van der Waals surface area (Å²) < 4.78 is 13.3. The van der Waals surface area contributed by atoms with Crippen LogP contribution in [0.5, 0.6) is 0 Å². The molecule has 3 nitrogen and oxygen atoms in total. The Labute approximate surface area is 82.9 Å². The number of amides is 1. The van der Waals surface area contributed by atoms with Crippen LogP contribution in [0.2, 0.25) is 0 Å². The molecule has 2 bridgehead atoms. The average molecular weight is 201 g/mol. The molecule has 3 saturated carbocycles. The lowest BCUT2D eigenvalue weighted by Crippen LogP contribution is -2.80. The van der Waals surface area contributed by atoms with Gasteiger partial charge in [-0.05, 0) is 20.8 Å². The molecule has 3 rings (SSSR count). The molecule has 4 heteroatoms. The monoisotopic (exact) mass is 201 g/mol. The minimum Gasteiger partial charge on any atom is -0.465 e. The maximum atomic E-state index is 13.3. The number of hydrogen-bond donors (Lipinski definition) is 1. The van der Waals surface area contributed by atoms with E-state index < -0.39 is 22.8 Å². The van der Waals surface area contributed by atoms with Gasteiger partial charge in [0.05, 0.1) is 5.54 Å². The van der Waals surface area contributed by atoms with Crippen molar-refractivity contribution in [1.82, 2.24) is 4.90 Å². The molecule has 3 aliphatic carbocycles. The van der Waals surface area contributed by atoms with E-state index in [2.05, 4.69) is 0 Å². The molecule has 80 valence electrons. The van der Waals surface area contributed by atoms with E-state index in [9.17, 15) is 9.18 Å². The molecule has 0 aliphatic heterocycles. The Morgan fingerprint density at radius 2 is 1.79 bits per heavy atom. The van der Waals surface area contributed by atoms with Gasteiger partial charge < -0.3 is 5.11 Å². The number of halogens is 1. The highest BCUT2D eigenvalue weighted by molar-refractivity contribution is 5.68. The van der Waals surface area contributed by atoms with Gasteiger partial charge in [0.1, 0.15) is 5.67 Å². The number of carbonyl (C=O) groups is 1. The molecule has 1 N–H and O–H groups in total. The fraction of sp³-hybridized carbons (Fsp3) is 0.900. The van der Waals surface area contributed by atoms with Crippen LogP contribution in [0.25, 0.3) is 0 Å². The summed E-state index contributed by atoms with van der Waals surface area (Å²) in [7, 11) is 0. The van der Waals surface area contributed by atoms with Gasteiger partial charge in [0.25, 0.3) is 0 Å². The summed E-state index contributed by atoms with van der Waals surface area (Å²) in [6, 6.07) is 0. The van der Waals surface area contributed by atoms with Crippen molar-refractivity contribution < 1.29 is 14.3 Å². The molecular weight excluding hydrogens is 185 g/mol. The number of hydrogen-bond acceptors (Lipinski definition) is 1. The number of carboxylic acid groups (broad SMARTS) is 1. The molecular formula is C10H16FNO2. The molecule has 0 radical (unpaired) electrons. The second-order valence-electron chi connectivity index (χ2n) is 5.69. The highest BCUT2D eigenvalue weighted by Gasteiger charge is 2.73. The smallest absolute Gasteiger partial charge is 0.408 e. The van der Waals surface area contributed by atoms with Gasteiger partial charge in [0, 0.05) is 24.8 Å². The Kier molecular flexibility index (Phi) is 1.55. The molecule has 0 atom stereocenters. The molecule has 3 aliphatic rings. The number of rotatable bonds is 1. The van der Waals surface area contributed by atoms with E-state index in [1.165, 1.54) is 4.90 Å². The van der Waals surface area contributed by atoms with E-state index in [4.69, 9.17) is 5.11 Å². The van der Waals surface area contributed by atoms with E-state index in [0.29, 0.717) is 19.3 Å². The van der Waals surface area contributed by atoms with E-state index in [1.807, 2.05) is 20.8 Å². The molecule has 0 spiro atoms. The van der Waals surface area contributed by atoms with E-state index in [1.54, 1.807) is 0 Å². The molecule has 0 aromatic carbocycles. The summed E-state index contributed by atoms with van der Waals surface area (Å²) in [4.78, 5) is 12.5. The molecule has 0 aromatic heterocycles. The predicted molar refractivity (Wildman–Crippen MR) is 50.0 cm³/mol. The van der Waals surface area contributed by atoms with Crippen LogP contribution in [0.3, 0.4) is 0 Å². The Morgan fingerprint density at radius 3 is 2.00 bits per heavy atom. The summed E-state index contributed by atoms with van der Waals surface area (Å²) in [5.41, 5.74) is -1.87. The first-order chi connectivity index (χ1) is 6.19. The molecule has 0 heterocycles. The van der Waals surface area contributed by atoms with Crippen molar-refractivity contribution in [3.8, 4) is 0 Å². The van der Waals surface area contributed by atoms with Crippen LogP contribution >= 0.6 is 0 Å². The molecule has 0 aromatic rings. The van der Waals surface area contributed by atoms with Crippen molar-refractivity contribution in [2.75, 3.05) is 0 Å². The van der Waals surface area contributed by atoms with E-state index in [-0.39, 0.29) is 0 Å². The lowest BCUT2D eigenvalue weighted by Gasteiger charge is -2.70. The third kappa shape index (κ3) is 1.06. The van der Waals surface area contributed by atoms with Crippen LogP contribution in [-0.2, 0) is 0 Å². The van der Waals surface area contributed by atoms with Gasteiger partial charge in [-0.3, -0.25) is 4.90 Å². The second-order valence-corrected chi connectivity index (χ2v) is 5.69. The van der Waals surface area contributed by atoms with Crippen LogP contribution in [0.4, 0.5) is 9.18 Å². The first-order valence-corrected chi connectivity index (χ1v) is 4.91. The molecule has 14 heavy (non-hydrogen) atoms. The van der Waals surface area contributed by atoms with E-state index >= 15 is 0 Å². The van der Waals surface area contributed by atoms with Gasteiger partial charge in [-0.2, -0.15) is 0 Å². The van der Waals surface area contributed by atoms with Crippen LogP contribution in [0.15, 0.2) is 0 Å². The lowest BCUT2D eigenvalue weighted by molar-refractivity contribution is -0.231. The highest BCUT2D eigenvalue weighted by atomic mass is 19.1. The Balaban J connectivity index is 2.18. The van der Waals surface area contributed by atoms with Crippen LogP contribution in [-0.4, -0.2) is 32.8 Å². The lowest BCUT2D eigenvalue weighted by atomic mass is 9.46. The summed E-state index contributed by atoms with van der Waals surface area (Å²) in [5.74, 6) is 0. The molecule has 0 unspecified atom stereocenters. The Morgan fingerprint density at radius 1 is 1.36 bits per heavy atom. The average Bonchev–Trinajstić information content (AvgIpc) is 1.76. The zero-order valence-corrected chi connectivity index (χ0v) is 8.80. The minimum absolute atomic E-state index is 0.390. The predicted octanol–water partition coefficient (Wildman–Crippen LogP) is 2.41. The van der Waals surface area contributed by atoms with Crippen LogP contribution in [0.1, 0.15) is 40.0 Å². The van der Waals surface area contributed by atoms with Crippen molar-refractivity contribution in [1.29, 1.82) is 0 Å². The third-order valence-corrected chi connectivity index (χ3v) is 3.27. The van der Waals surface area contributed by atoms with Gasteiger partial charge in [0.2, 0.25) is 0 Å². The van der Waals surface area contributed by atoms with Crippen molar-refractivity contribution in [3.05, 3.63) is 0 Å². The largest absolute Gasteiger partial charge is 0.465 e. The fourth-order valence-electron chi connectivity index (χ4n) is 3.05. The summed E-state index contributed by atoms with van der Waals surface area (Å²) in [6.07, 6.45) is 0.246. The van der Waals surface area contributed by atoms with Gasteiger partial charge in [0.15, 0.2) is 0 Å². The molecule has 3 fully saturated rings. The SMILES string of the molecule is CC(C)(C)N(C(=O)O)C12CC(F)(C1)C2. The third-order valence-electron chi connectivity index (χ3n) is 3.27. The van der Waals surface area contributed by atoms with Crippen molar-refractivity contribution in [2.45, 2.75) is 56.8 Å². The topological polar surface area (TPSA) is 40.5 Å². The van der Waals surface area contributed by atoms with Crippen molar-refractivity contribution in [3.63, 3.8) is 0 Å². The maximum absolute atomic E-state index is 13.3. The van der Waals surface area contributed by atoms with Gasteiger partial charge >= 0.3 is 6.09 Å². The molecule has 0 saturated heterocycles. The van der Waals surface area contributed by atoms with Crippen LogP contribution in [0, 0.1) is 0 Å². The normalized spacial score (nSPS) is 39.7. The van der Waals surface area contributed by atoms with Crippen molar-refractivity contribution >= 4 is 6.09 Å². The Hall–Kier alpha value is -0.800. The first kappa shape index (κ1) is 9.74. The first-order valence-electron chi connectivity index (χ1n) is 4.91. The van der Waals surface area contributed by atoms with E-state index in [0.717, 1.165) is 0 Å². The standard InChI is InChI=1S/C10H16FNO2/c1-8(2,3)12(7(13)14)10-4-9(11,5-10)6-10/h4-6H2,1-3H3,(H,13,14). The van der Waals surface area contributed by atoms with Gasteiger partial charge in [-0.25, -0.2) is 9.18 Å². The maximum Gasteiger partial charge on any atom is 0.408 e. The molecule has 1 amide bonds. The quantitative estimate of drug-likeness (QED) is 0.707. The summed E-state index contributed by atoms with van der Waals surface area (Å²) >= 11 is 0. The summed E-state index contributed by atoms with van der Waals surface area (Å²) in [5, 5.41) is 9.12. The number of alkyl halides is 1. The van der Waals surface area contributed by atoms with Crippen molar-refractivity contribution in [2.24, 2.45) is 0 Å². The minimum atomic E-state index is -1.04. The van der Waals surface area contributed by atoms with Crippen LogP contribution < -0.4 is 0 Å². The fourth-order valence-corrected chi connectivity index (χ4v) is 3.05. The summed E-state index contributed by atoms with van der Waals surface area (Å²) in [6.45, 7) is 5.56. The van der Waals surface area contributed by atoms with Gasteiger partial charge in [-0.15, -0.1) is 0 Å².